The van der Waals surface area contributed by atoms with Gasteiger partial charge in [-0.2, -0.15) is 17.9 Å². The highest BCUT2D eigenvalue weighted by molar-refractivity contribution is 7.80. The lowest BCUT2D eigenvalue weighted by atomic mass is 10.1. The molecule has 5 heteroatoms. The molecule has 0 bridgehead atoms. The van der Waals surface area contributed by atoms with Crippen LogP contribution in [0.1, 0.15) is 40.5 Å². The van der Waals surface area contributed by atoms with E-state index in [1.54, 1.807) is 12.1 Å². The molecule has 1 atom stereocenters. The molecule has 0 amide bonds. The topological polar surface area (TPSA) is 54.5 Å². The Balaban J connectivity index is 1.89. The van der Waals surface area contributed by atoms with Crippen LogP contribution in [0.15, 0.2) is 54.6 Å². The summed E-state index contributed by atoms with van der Waals surface area (Å²) in [5, 5.41) is 17.5. The molecule has 1 heterocycles. The fourth-order valence-electron chi connectivity index (χ4n) is 2.69. The van der Waals surface area contributed by atoms with Crippen LogP contribution in [0.4, 0.5) is 0 Å². The Labute approximate surface area is 147 Å². The molecule has 0 radical (unpaired) electrons. The zero-order chi connectivity index (χ0) is 16.9. The summed E-state index contributed by atoms with van der Waals surface area (Å²) in [7, 11) is 0. The van der Waals surface area contributed by atoms with E-state index >= 15 is 0 Å². The average Bonchev–Trinajstić information content (AvgIpc) is 3.04. The van der Waals surface area contributed by atoms with Gasteiger partial charge in [0, 0.05) is 13.0 Å². The molecular formula is C19H18N4S. The highest BCUT2D eigenvalue weighted by Gasteiger charge is 2.19. The van der Waals surface area contributed by atoms with E-state index in [2.05, 4.69) is 39.9 Å². The summed E-state index contributed by atoms with van der Waals surface area (Å²) in [5.74, 6) is 1.77. The van der Waals surface area contributed by atoms with Crippen molar-refractivity contribution in [3.63, 3.8) is 0 Å². The van der Waals surface area contributed by atoms with Crippen LogP contribution in [0.25, 0.3) is 0 Å². The number of rotatable bonds is 5. The van der Waals surface area contributed by atoms with Crippen molar-refractivity contribution < 1.29 is 0 Å². The van der Waals surface area contributed by atoms with E-state index in [0.717, 1.165) is 30.2 Å². The second-order valence-electron chi connectivity index (χ2n) is 5.52. The molecule has 1 aromatic heterocycles. The summed E-state index contributed by atoms with van der Waals surface area (Å²) in [6.45, 7) is 2.87. The highest BCUT2D eigenvalue weighted by atomic mass is 32.1. The summed E-state index contributed by atoms with van der Waals surface area (Å²) < 4.78 is 2.11. The van der Waals surface area contributed by atoms with Gasteiger partial charge in [-0.1, -0.05) is 42.5 Å². The minimum Gasteiger partial charge on any atom is -0.314 e. The van der Waals surface area contributed by atoms with Gasteiger partial charge in [-0.15, -0.1) is 10.2 Å². The Kier molecular flexibility index (Phi) is 4.97. The SMILES string of the molecule is CCn1c(Cc2ccccc2)nnc1C(S)c1ccc(C#N)cc1. The van der Waals surface area contributed by atoms with Gasteiger partial charge in [-0.3, -0.25) is 0 Å². The molecule has 0 N–H and O–H groups in total. The van der Waals surface area contributed by atoms with Crippen LogP contribution in [0.5, 0.6) is 0 Å². The number of thiol groups is 1. The van der Waals surface area contributed by atoms with Crippen molar-refractivity contribution >= 4 is 12.6 Å². The molecule has 0 saturated heterocycles. The van der Waals surface area contributed by atoms with Gasteiger partial charge in [0.15, 0.2) is 0 Å². The third-order valence-corrected chi connectivity index (χ3v) is 4.51. The Bertz CT molecular complexity index is 847. The smallest absolute Gasteiger partial charge is 0.150 e. The molecule has 0 aliphatic heterocycles. The quantitative estimate of drug-likeness (QED) is 0.723. The molecule has 24 heavy (non-hydrogen) atoms. The van der Waals surface area contributed by atoms with Gasteiger partial charge >= 0.3 is 0 Å². The largest absolute Gasteiger partial charge is 0.314 e. The van der Waals surface area contributed by atoms with Crippen molar-refractivity contribution in [1.29, 1.82) is 5.26 Å². The number of aromatic nitrogens is 3. The van der Waals surface area contributed by atoms with Crippen LogP contribution < -0.4 is 0 Å². The van der Waals surface area contributed by atoms with Gasteiger partial charge in [0.1, 0.15) is 11.6 Å². The molecular weight excluding hydrogens is 316 g/mol. The zero-order valence-corrected chi connectivity index (χ0v) is 14.3. The lowest BCUT2D eigenvalue weighted by Gasteiger charge is -2.13. The Morgan fingerprint density at radius 2 is 1.79 bits per heavy atom. The van der Waals surface area contributed by atoms with Gasteiger partial charge in [0.2, 0.25) is 0 Å². The van der Waals surface area contributed by atoms with Crippen LogP contribution in [0.2, 0.25) is 0 Å². The summed E-state index contributed by atoms with van der Waals surface area (Å²) >= 11 is 4.73. The predicted molar refractivity (Wildman–Crippen MR) is 96.9 cm³/mol. The molecule has 4 nitrogen and oxygen atoms in total. The summed E-state index contributed by atoms with van der Waals surface area (Å²) in [6, 6.07) is 19.8. The standard InChI is InChI=1S/C19H18N4S/c1-2-23-17(12-14-6-4-3-5-7-14)21-22-19(23)18(24)16-10-8-15(13-20)9-11-16/h3-11,18,24H,2,12H2,1H3. The average molecular weight is 334 g/mol. The normalized spacial score (nSPS) is 11.9. The fourth-order valence-corrected chi connectivity index (χ4v) is 3.06. The van der Waals surface area contributed by atoms with Crippen LogP contribution in [-0.4, -0.2) is 14.8 Å². The summed E-state index contributed by atoms with van der Waals surface area (Å²) in [6.07, 6.45) is 0.746. The molecule has 0 aliphatic carbocycles. The maximum Gasteiger partial charge on any atom is 0.150 e. The Morgan fingerprint density at radius 1 is 1.08 bits per heavy atom. The van der Waals surface area contributed by atoms with Crippen LogP contribution in [-0.2, 0) is 13.0 Å². The maximum atomic E-state index is 8.91. The number of hydrogen-bond acceptors (Lipinski definition) is 4. The van der Waals surface area contributed by atoms with E-state index in [4.69, 9.17) is 17.9 Å². The molecule has 0 aliphatic rings. The van der Waals surface area contributed by atoms with Crippen LogP contribution in [0, 0.1) is 11.3 Å². The van der Waals surface area contributed by atoms with E-state index in [9.17, 15) is 0 Å². The number of hydrogen-bond donors (Lipinski definition) is 1. The van der Waals surface area contributed by atoms with E-state index in [1.165, 1.54) is 5.56 Å². The van der Waals surface area contributed by atoms with Crippen molar-refractivity contribution in [3.8, 4) is 6.07 Å². The van der Waals surface area contributed by atoms with Gasteiger partial charge in [-0.05, 0) is 30.2 Å². The highest BCUT2D eigenvalue weighted by Crippen LogP contribution is 2.28. The molecule has 0 fully saturated rings. The third kappa shape index (κ3) is 3.34. The Morgan fingerprint density at radius 3 is 2.42 bits per heavy atom. The second-order valence-corrected chi connectivity index (χ2v) is 6.03. The van der Waals surface area contributed by atoms with Crippen molar-refractivity contribution in [2.75, 3.05) is 0 Å². The minimum atomic E-state index is -0.172. The number of nitriles is 1. The van der Waals surface area contributed by atoms with Crippen molar-refractivity contribution in [2.45, 2.75) is 25.1 Å². The van der Waals surface area contributed by atoms with E-state index in [0.29, 0.717) is 5.56 Å². The first kappa shape index (κ1) is 16.3. The van der Waals surface area contributed by atoms with E-state index < -0.39 is 0 Å². The number of benzene rings is 2. The molecule has 120 valence electrons. The predicted octanol–water partition coefficient (Wildman–Crippen LogP) is 3.78. The van der Waals surface area contributed by atoms with Crippen LogP contribution >= 0.6 is 12.6 Å². The second kappa shape index (κ2) is 7.33. The first-order valence-electron chi connectivity index (χ1n) is 7.87. The Hall–Kier alpha value is -2.58. The van der Waals surface area contributed by atoms with Crippen molar-refractivity contribution in [1.82, 2.24) is 14.8 Å². The van der Waals surface area contributed by atoms with Crippen molar-refractivity contribution in [3.05, 3.63) is 82.9 Å². The molecule has 3 aromatic rings. The zero-order valence-electron chi connectivity index (χ0n) is 13.4. The van der Waals surface area contributed by atoms with Crippen LogP contribution in [0.3, 0.4) is 0 Å². The van der Waals surface area contributed by atoms with Gasteiger partial charge in [0.25, 0.3) is 0 Å². The van der Waals surface area contributed by atoms with E-state index in [-0.39, 0.29) is 5.25 Å². The monoisotopic (exact) mass is 334 g/mol. The molecule has 1 unspecified atom stereocenters. The fraction of sp³-hybridized carbons (Fsp3) is 0.211. The minimum absolute atomic E-state index is 0.172. The lowest BCUT2D eigenvalue weighted by molar-refractivity contribution is 0.676. The van der Waals surface area contributed by atoms with Gasteiger partial charge in [-0.25, -0.2) is 0 Å². The van der Waals surface area contributed by atoms with E-state index in [1.807, 2.05) is 30.3 Å². The van der Waals surface area contributed by atoms with Gasteiger partial charge in [0.05, 0.1) is 16.9 Å². The molecule has 2 aromatic carbocycles. The first-order chi connectivity index (χ1) is 11.7. The molecule has 0 saturated carbocycles. The lowest BCUT2D eigenvalue weighted by Crippen LogP contribution is -2.09. The third-order valence-electron chi connectivity index (χ3n) is 3.98. The molecule has 0 spiro atoms. The molecule has 3 rings (SSSR count). The summed E-state index contributed by atoms with van der Waals surface area (Å²) in [5.41, 5.74) is 2.85. The number of nitrogens with zero attached hydrogens (tertiary/aromatic N) is 4. The van der Waals surface area contributed by atoms with Crippen molar-refractivity contribution in [2.24, 2.45) is 0 Å². The maximum absolute atomic E-state index is 8.91. The first-order valence-corrected chi connectivity index (χ1v) is 8.38. The van der Waals surface area contributed by atoms with Gasteiger partial charge < -0.3 is 4.57 Å². The summed E-state index contributed by atoms with van der Waals surface area (Å²) in [4.78, 5) is 0.